The fourth-order valence-corrected chi connectivity index (χ4v) is 3.34. The van der Waals surface area contributed by atoms with Crippen molar-refractivity contribution in [3.8, 4) is 11.5 Å². The second-order valence-corrected chi connectivity index (χ2v) is 6.40. The molecule has 132 valence electrons. The standard InChI is InChI=1S/C21H26N2O2/c1-4-23(5-2)15-14-22(3)21(24)20-16-10-6-8-12-18(16)25-19-13-9-7-11-17(19)20/h6-13,20H,4-5,14-15H2,1-3H3. The van der Waals surface area contributed by atoms with E-state index in [-0.39, 0.29) is 11.8 Å². The van der Waals surface area contributed by atoms with Gasteiger partial charge in [-0.3, -0.25) is 4.79 Å². The van der Waals surface area contributed by atoms with Crippen LogP contribution in [0, 0.1) is 0 Å². The molecule has 0 spiro atoms. The molecule has 4 nitrogen and oxygen atoms in total. The Balaban J connectivity index is 1.87. The predicted octanol–water partition coefficient (Wildman–Crippen LogP) is 3.72. The lowest BCUT2D eigenvalue weighted by Gasteiger charge is -2.31. The molecule has 1 aliphatic rings. The van der Waals surface area contributed by atoms with Crippen LogP contribution >= 0.6 is 0 Å². The number of fused-ring (bicyclic) bond motifs is 2. The molecule has 0 aliphatic carbocycles. The van der Waals surface area contributed by atoms with Crippen LogP contribution in [0.5, 0.6) is 11.5 Å². The van der Waals surface area contributed by atoms with Gasteiger partial charge in [0.25, 0.3) is 0 Å². The number of hydrogen-bond acceptors (Lipinski definition) is 3. The number of nitrogens with zero attached hydrogens (tertiary/aromatic N) is 2. The van der Waals surface area contributed by atoms with Crippen molar-refractivity contribution in [3.63, 3.8) is 0 Å². The molecule has 2 aromatic rings. The minimum absolute atomic E-state index is 0.121. The van der Waals surface area contributed by atoms with Gasteiger partial charge in [-0.05, 0) is 25.2 Å². The molecule has 1 aliphatic heterocycles. The van der Waals surface area contributed by atoms with E-state index in [1.165, 1.54) is 0 Å². The molecule has 3 rings (SSSR count). The van der Waals surface area contributed by atoms with Crippen molar-refractivity contribution in [1.29, 1.82) is 0 Å². The maximum Gasteiger partial charge on any atom is 0.234 e. The van der Waals surface area contributed by atoms with Crippen molar-refractivity contribution in [1.82, 2.24) is 9.80 Å². The Morgan fingerprint density at radius 3 is 1.96 bits per heavy atom. The number of para-hydroxylation sites is 2. The Kier molecular flexibility index (Phi) is 5.39. The van der Waals surface area contributed by atoms with Gasteiger partial charge in [-0.1, -0.05) is 50.2 Å². The largest absolute Gasteiger partial charge is 0.457 e. The minimum atomic E-state index is -0.303. The fourth-order valence-electron chi connectivity index (χ4n) is 3.34. The van der Waals surface area contributed by atoms with Crippen LogP contribution in [0.3, 0.4) is 0 Å². The molecular formula is C21H26N2O2. The van der Waals surface area contributed by atoms with Crippen LogP contribution < -0.4 is 4.74 Å². The normalized spacial score (nSPS) is 13.1. The van der Waals surface area contributed by atoms with Gasteiger partial charge in [0.2, 0.25) is 5.91 Å². The number of benzene rings is 2. The minimum Gasteiger partial charge on any atom is -0.457 e. The van der Waals surface area contributed by atoms with Crippen molar-refractivity contribution >= 4 is 5.91 Å². The quantitative estimate of drug-likeness (QED) is 0.805. The van der Waals surface area contributed by atoms with E-state index in [1.54, 1.807) is 0 Å². The van der Waals surface area contributed by atoms with Gasteiger partial charge in [-0.25, -0.2) is 0 Å². The zero-order valence-electron chi connectivity index (χ0n) is 15.2. The lowest BCUT2D eigenvalue weighted by atomic mass is 9.87. The summed E-state index contributed by atoms with van der Waals surface area (Å²) in [5.74, 6) is 1.37. The van der Waals surface area contributed by atoms with E-state index in [1.807, 2.05) is 60.5 Å². The van der Waals surface area contributed by atoms with Gasteiger partial charge < -0.3 is 14.5 Å². The van der Waals surface area contributed by atoms with E-state index in [4.69, 9.17) is 4.74 Å². The first-order chi connectivity index (χ1) is 12.2. The molecule has 0 bridgehead atoms. The van der Waals surface area contributed by atoms with Gasteiger partial charge in [0.1, 0.15) is 11.5 Å². The van der Waals surface area contributed by atoms with Gasteiger partial charge in [0.15, 0.2) is 0 Å². The summed E-state index contributed by atoms with van der Waals surface area (Å²) in [5.41, 5.74) is 1.89. The van der Waals surface area contributed by atoms with Crippen molar-refractivity contribution < 1.29 is 9.53 Å². The summed E-state index contributed by atoms with van der Waals surface area (Å²) < 4.78 is 5.99. The summed E-state index contributed by atoms with van der Waals surface area (Å²) in [6.45, 7) is 7.92. The lowest BCUT2D eigenvalue weighted by molar-refractivity contribution is -0.130. The highest BCUT2D eigenvalue weighted by Gasteiger charge is 2.33. The zero-order valence-corrected chi connectivity index (χ0v) is 15.2. The number of rotatable bonds is 6. The maximum absolute atomic E-state index is 13.3. The monoisotopic (exact) mass is 338 g/mol. The summed E-state index contributed by atoms with van der Waals surface area (Å²) in [6, 6.07) is 15.7. The lowest BCUT2D eigenvalue weighted by Crippen LogP contribution is -2.39. The molecule has 1 heterocycles. The Morgan fingerprint density at radius 1 is 0.920 bits per heavy atom. The molecule has 0 radical (unpaired) electrons. The highest BCUT2D eigenvalue weighted by atomic mass is 16.5. The second kappa shape index (κ2) is 7.70. The highest BCUT2D eigenvalue weighted by Crippen LogP contribution is 2.44. The molecule has 0 fully saturated rings. The molecular weight excluding hydrogens is 312 g/mol. The van der Waals surface area contributed by atoms with Crippen molar-refractivity contribution in [2.24, 2.45) is 0 Å². The van der Waals surface area contributed by atoms with E-state index >= 15 is 0 Å². The predicted molar refractivity (Wildman–Crippen MR) is 100 cm³/mol. The van der Waals surface area contributed by atoms with Crippen molar-refractivity contribution in [2.75, 3.05) is 33.2 Å². The van der Waals surface area contributed by atoms with Gasteiger partial charge in [0, 0.05) is 31.3 Å². The second-order valence-electron chi connectivity index (χ2n) is 6.40. The first-order valence-electron chi connectivity index (χ1n) is 8.98. The SMILES string of the molecule is CCN(CC)CCN(C)C(=O)C1c2ccccc2Oc2ccccc21. The fraction of sp³-hybridized carbons (Fsp3) is 0.381. The van der Waals surface area contributed by atoms with Crippen LogP contribution in [-0.4, -0.2) is 48.9 Å². The number of hydrogen-bond donors (Lipinski definition) is 0. The summed E-state index contributed by atoms with van der Waals surface area (Å²) in [5, 5.41) is 0. The van der Waals surface area contributed by atoms with Gasteiger partial charge in [-0.2, -0.15) is 0 Å². The molecule has 0 atom stereocenters. The van der Waals surface area contributed by atoms with Crippen LogP contribution in [0.4, 0.5) is 0 Å². The van der Waals surface area contributed by atoms with Crippen LogP contribution in [0.25, 0.3) is 0 Å². The Labute approximate surface area is 150 Å². The summed E-state index contributed by atoms with van der Waals surface area (Å²) in [4.78, 5) is 17.4. The number of carbonyl (C=O) groups is 1. The third-order valence-electron chi connectivity index (χ3n) is 4.95. The number of likely N-dealkylation sites (N-methyl/N-ethyl adjacent to an activating group) is 2. The highest BCUT2D eigenvalue weighted by molar-refractivity contribution is 5.89. The molecule has 0 saturated carbocycles. The van der Waals surface area contributed by atoms with Gasteiger partial charge in [0.05, 0.1) is 5.92 Å². The molecule has 0 saturated heterocycles. The van der Waals surface area contributed by atoms with E-state index in [0.29, 0.717) is 0 Å². The molecule has 0 aromatic heterocycles. The van der Waals surface area contributed by atoms with Crippen LogP contribution in [0.2, 0.25) is 0 Å². The molecule has 4 heteroatoms. The van der Waals surface area contributed by atoms with Crippen molar-refractivity contribution in [3.05, 3.63) is 59.7 Å². The average Bonchev–Trinajstić information content (AvgIpc) is 2.66. The topological polar surface area (TPSA) is 32.8 Å². The summed E-state index contributed by atoms with van der Waals surface area (Å²) in [7, 11) is 1.90. The van der Waals surface area contributed by atoms with Gasteiger partial charge in [-0.15, -0.1) is 0 Å². The molecule has 0 unspecified atom stereocenters. The number of amides is 1. The molecule has 0 N–H and O–H groups in total. The smallest absolute Gasteiger partial charge is 0.234 e. The van der Waals surface area contributed by atoms with E-state index in [2.05, 4.69) is 18.7 Å². The first kappa shape index (κ1) is 17.5. The summed E-state index contributed by atoms with van der Waals surface area (Å²) in [6.07, 6.45) is 0. The molecule has 25 heavy (non-hydrogen) atoms. The Morgan fingerprint density at radius 2 is 1.44 bits per heavy atom. The maximum atomic E-state index is 13.3. The number of carbonyl (C=O) groups excluding carboxylic acids is 1. The summed E-state index contributed by atoms with van der Waals surface area (Å²) >= 11 is 0. The Hall–Kier alpha value is -2.33. The third kappa shape index (κ3) is 3.54. The zero-order chi connectivity index (χ0) is 17.8. The number of ether oxygens (including phenoxy) is 1. The van der Waals surface area contributed by atoms with Crippen molar-refractivity contribution in [2.45, 2.75) is 19.8 Å². The van der Waals surface area contributed by atoms with E-state index in [9.17, 15) is 4.79 Å². The van der Waals surface area contributed by atoms with Crippen LogP contribution in [-0.2, 0) is 4.79 Å². The van der Waals surface area contributed by atoms with Gasteiger partial charge >= 0.3 is 0 Å². The Bertz CT molecular complexity index is 695. The van der Waals surface area contributed by atoms with E-state index < -0.39 is 0 Å². The molecule has 2 aromatic carbocycles. The average molecular weight is 338 g/mol. The van der Waals surface area contributed by atoms with E-state index in [0.717, 1.165) is 48.8 Å². The van der Waals surface area contributed by atoms with Crippen LogP contribution in [0.1, 0.15) is 30.9 Å². The first-order valence-corrected chi connectivity index (χ1v) is 8.98. The van der Waals surface area contributed by atoms with Crippen LogP contribution in [0.15, 0.2) is 48.5 Å². The molecule has 1 amide bonds. The third-order valence-corrected chi connectivity index (χ3v) is 4.95.